The first-order valence-electron chi connectivity index (χ1n) is 4.66. The first kappa shape index (κ1) is 8.97. The summed E-state index contributed by atoms with van der Waals surface area (Å²) in [4.78, 5) is 11.7. The van der Waals surface area contributed by atoms with E-state index in [4.69, 9.17) is 9.47 Å². The number of ether oxygens (including phenoxy) is 2. The van der Waals surface area contributed by atoms with Gasteiger partial charge < -0.3 is 14.8 Å². The lowest BCUT2D eigenvalue weighted by molar-refractivity contribution is -0.161. The molecule has 74 valence electrons. The molecule has 2 fully saturated rings. The van der Waals surface area contributed by atoms with Crippen LogP contribution in [0.2, 0.25) is 0 Å². The van der Waals surface area contributed by atoms with Crippen LogP contribution >= 0.6 is 0 Å². The van der Waals surface area contributed by atoms with Crippen molar-refractivity contribution in [2.24, 2.45) is 11.3 Å². The highest BCUT2D eigenvalue weighted by molar-refractivity contribution is 5.78. The quantitative estimate of drug-likeness (QED) is 0.574. The van der Waals surface area contributed by atoms with Gasteiger partial charge in [-0.25, -0.2) is 0 Å². The van der Waals surface area contributed by atoms with E-state index in [1.54, 1.807) is 0 Å². The SMILES string of the molecule is COC(=O)[C@]12CCOC[C@@H]1CNC2. The molecule has 4 heteroatoms. The van der Waals surface area contributed by atoms with Crippen LogP contribution in [0.1, 0.15) is 6.42 Å². The molecule has 0 aromatic heterocycles. The summed E-state index contributed by atoms with van der Waals surface area (Å²) in [5, 5.41) is 3.24. The molecule has 0 spiro atoms. The second-order valence-corrected chi connectivity index (χ2v) is 3.80. The van der Waals surface area contributed by atoms with E-state index in [1.165, 1.54) is 7.11 Å². The maximum Gasteiger partial charge on any atom is 0.313 e. The minimum Gasteiger partial charge on any atom is -0.469 e. The lowest BCUT2D eigenvalue weighted by atomic mass is 9.74. The van der Waals surface area contributed by atoms with E-state index in [0.717, 1.165) is 19.5 Å². The Hall–Kier alpha value is -0.610. The molecule has 2 aliphatic heterocycles. The third kappa shape index (κ3) is 1.25. The molecule has 13 heavy (non-hydrogen) atoms. The Morgan fingerprint density at radius 1 is 1.69 bits per heavy atom. The molecule has 0 saturated carbocycles. The lowest BCUT2D eigenvalue weighted by Crippen LogP contribution is -2.45. The van der Waals surface area contributed by atoms with Gasteiger partial charge in [0.05, 0.1) is 19.1 Å². The Bertz CT molecular complexity index is 219. The predicted octanol–water partition coefficient (Wildman–Crippen LogP) is -0.215. The first-order valence-corrected chi connectivity index (χ1v) is 4.66. The first-order chi connectivity index (χ1) is 6.29. The Kier molecular flexibility index (Phi) is 2.26. The van der Waals surface area contributed by atoms with Crippen LogP contribution in [-0.2, 0) is 14.3 Å². The van der Waals surface area contributed by atoms with Crippen LogP contribution in [0.5, 0.6) is 0 Å². The van der Waals surface area contributed by atoms with Crippen LogP contribution in [0.15, 0.2) is 0 Å². The number of hydrogen-bond donors (Lipinski definition) is 1. The van der Waals surface area contributed by atoms with E-state index in [0.29, 0.717) is 19.1 Å². The van der Waals surface area contributed by atoms with Crippen molar-refractivity contribution in [2.75, 3.05) is 33.4 Å². The van der Waals surface area contributed by atoms with Gasteiger partial charge in [0.2, 0.25) is 0 Å². The number of nitrogens with one attached hydrogen (secondary N) is 1. The van der Waals surface area contributed by atoms with E-state index in [1.807, 2.05) is 0 Å². The van der Waals surface area contributed by atoms with Gasteiger partial charge in [-0.3, -0.25) is 4.79 Å². The van der Waals surface area contributed by atoms with Crippen molar-refractivity contribution >= 4 is 5.97 Å². The van der Waals surface area contributed by atoms with Crippen LogP contribution in [0.25, 0.3) is 0 Å². The fraction of sp³-hybridized carbons (Fsp3) is 0.889. The summed E-state index contributed by atoms with van der Waals surface area (Å²) in [6, 6.07) is 0. The third-order valence-electron chi connectivity index (χ3n) is 3.22. The summed E-state index contributed by atoms with van der Waals surface area (Å²) in [5.41, 5.74) is -0.299. The smallest absolute Gasteiger partial charge is 0.313 e. The Morgan fingerprint density at radius 3 is 3.31 bits per heavy atom. The Balaban J connectivity index is 2.20. The summed E-state index contributed by atoms with van der Waals surface area (Å²) in [6.07, 6.45) is 0.789. The molecule has 0 amide bonds. The number of methoxy groups -OCH3 is 1. The van der Waals surface area contributed by atoms with Crippen molar-refractivity contribution in [3.8, 4) is 0 Å². The molecule has 1 N–H and O–H groups in total. The molecule has 0 aromatic carbocycles. The van der Waals surface area contributed by atoms with Crippen molar-refractivity contribution in [1.82, 2.24) is 5.32 Å². The largest absolute Gasteiger partial charge is 0.469 e. The maximum atomic E-state index is 11.7. The third-order valence-corrected chi connectivity index (χ3v) is 3.22. The van der Waals surface area contributed by atoms with E-state index < -0.39 is 0 Å². The van der Waals surface area contributed by atoms with Crippen molar-refractivity contribution in [3.05, 3.63) is 0 Å². The van der Waals surface area contributed by atoms with Gasteiger partial charge in [-0.15, -0.1) is 0 Å². The van der Waals surface area contributed by atoms with Crippen LogP contribution in [0.4, 0.5) is 0 Å². The van der Waals surface area contributed by atoms with Crippen molar-refractivity contribution in [2.45, 2.75) is 6.42 Å². The van der Waals surface area contributed by atoms with E-state index in [-0.39, 0.29) is 11.4 Å². The van der Waals surface area contributed by atoms with Gasteiger partial charge in [0.1, 0.15) is 0 Å². The minimum atomic E-state index is -0.299. The summed E-state index contributed by atoms with van der Waals surface area (Å²) >= 11 is 0. The number of carbonyl (C=O) groups is 1. The molecule has 0 unspecified atom stereocenters. The molecule has 2 saturated heterocycles. The molecule has 2 heterocycles. The molecule has 0 aromatic rings. The van der Waals surface area contributed by atoms with Gasteiger partial charge in [0.25, 0.3) is 0 Å². The Labute approximate surface area is 77.6 Å². The van der Waals surface area contributed by atoms with Crippen LogP contribution in [0.3, 0.4) is 0 Å². The fourth-order valence-corrected chi connectivity index (χ4v) is 2.34. The Morgan fingerprint density at radius 2 is 2.54 bits per heavy atom. The molecule has 2 rings (SSSR count). The molecule has 4 nitrogen and oxygen atoms in total. The highest BCUT2D eigenvalue weighted by Crippen LogP contribution is 2.39. The monoisotopic (exact) mass is 185 g/mol. The highest BCUT2D eigenvalue weighted by Gasteiger charge is 2.51. The standard InChI is InChI=1S/C9H15NO3/c1-12-8(11)9-2-3-13-5-7(9)4-10-6-9/h7,10H,2-6H2,1H3/t7-,9-/m0/s1. The average molecular weight is 185 g/mol. The molecule has 0 aliphatic carbocycles. The van der Waals surface area contributed by atoms with E-state index in [9.17, 15) is 4.79 Å². The normalized spacial score (nSPS) is 38.4. The van der Waals surface area contributed by atoms with E-state index in [2.05, 4.69) is 5.32 Å². The minimum absolute atomic E-state index is 0.0780. The van der Waals surface area contributed by atoms with Crippen molar-refractivity contribution in [1.29, 1.82) is 0 Å². The number of rotatable bonds is 1. The number of esters is 1. The molecule has 2 atom stereocenters. The molecular weight excluding hydrogens is 170 g/mol. The van der Waals surface area contributed by atoms with Gasteiger partial charge in [-0.1, -0.05) is 0 Å². The number of carbonyl (C=O) groups excluding carboxylic acids is 1. The summed E-state index contributed by atoms with van der Waals surface area (Å²) < 4.78 is 10.2. The van der Waals surface area contributed by atoms with Crippen molar-refractivity contribution < 1.29 is 14.3 Å². The average Bonchev–Trinajstić information content (AvgIpc) is 2.61. The van der Waals surface area contributed by atoms with Gasteiger partial charge in [0.15, 0.2) is 0 Å². The van der Waals surface area contributed by atoms with Gasteiger partial charge in [-0.2, -0.15) is 0 Å². The summed E-state index contributed by atoms with van der Waals surface area (Å²) in [5.74, 6) is 0.222. The van der Waals surface area contributed by atoms with Gasteiger partial charge in [-0.05, 0) is 6.42 Å². The predicted molar refractivity (Wildman–Crippen MR) is 46.2 cm³/mol. The zero-order chi connectivity index (χ0) is 9.31. The molecule has 0 bridgehead atoms. The summed E-state index contributed by atoms with van der Waals surface area (Å²) in [6.45, 7) is 2.97. The highest BCUT2D eigenvalue weighted by atomic mass is 16.5. The second kappa shape index (κ2) is 3.27. The van der Waals surface area contributed by atoms with Crippen LogP contribution < -0.4 is 5.32 Å². The topological polar surface area (TPSA) is 47.6 Å². The van der Waals surface area contributed by atoms with E-state index >= 15 is 0 Å². The number of hydrogen-bond acceptors (Lipinski definition) is 4. The number of fused-ring (bicyclic) bond motifs is 1. The zero-order valence-corrected chi connectivity index (χ0v) is 7.84. The van der Waals surface area contributed by atoms with Crippen LogP contribution in [-0.4, -0.2) is 39.4 Å². The zero-order valence-electron chi connectivity index (χ0n) is 7.84. The molecule has 2 aliphatic rings. The molecular formula is C9H15NO3. The fourth-order valence-electron chi connectivity index (χ4n) is 2.34. The second-order valence-electron chi connectivity index (χ2n) is 3.80. The van der Waals surface area contributed by atoms with Crippen molar-refractivity contribution in [3.63, 3.8) is 0 Å². The summed E-state index contributed by atoms with van der Waals surface area (Å²) in [7, 11) is 1.46. The van der Waals surface area contributed by atoms with Gasteiger partial charge in [0, 0.05) is 25.6 Å². The lowest BCUT2D eigenvalue weighted by Gasteiger charge is -2.35. The molecule has 0 radical (unpaired) electrons. The maximum absolute atomic E-state index is 11.7. The van der Waals surface area contributed by atoms with Crippen LogP contribution in [0, 0.1) is 11.3 Å². The van der Waals surface area contributed by atoms with Gasteiger partial charge >= 0.3 is 5.97 Å².